The number of nitrogens with one attached hydrogen (secondary N) is 1. The highest BCUT2D eigenvalue weighted by atomic mass is 35.5. The maximum Gasteiger partial charge on any atom is 0.274 e. The van der Waals surface area contributed by atoms with E-state index in [0.29, 0.717) is 11.4 Å². The summed E-state index contributed by atoms with van der Waals surface area (Å²) in [6.07, 6.45) is 8.35. The van der Waals surface area contributed by atoms with Gasteiger partial charge < -0.3 is 5.32 Å². The highest BCUT2D eigenvalue weighted by molar-refractivity contribution is 6.02. The first-order chi connectivity index (χ1) is 9.29. The van der Waals surface area contributed by atoms with Gasteiger partial charge in [-0.05, 0) is 36.6 Å². The molecular formula is C15H18ClN3O. The van der Waals surface area contributed by atoms with E-state index in [0.717, 1.165) is 19.3 Å². The predicted molar refractivity (Wildman–Crippen MR) is 82.3 cm³/mol. The third kappa shape index (κ3) is 4.63. The van der Waals surface area contributed by atoms with Gasteiger partial charge in [0, 0.05) is 12.4 Å². The summed E-state index contributed by atoms with van der Waals surface area (Å²) in [6, 6.07) is 7.29. The Bertz CT molecular complexity index is 529. The Morgan fingerprint density at radius 3 is 2.70 bits per heavy atom. The molecule has 4 nitrogen and oxygen atoms in total. The monoisotopic (exact) mass is 291 g/mol. The van der Waals surface area contributed by atoms with Crippen molar-refractivity contribution >= 4 is 24.0 Å². The van der Waals surface area contributed by atoms with Crippen LogP contribution in [0.25, 0.3) is 0 Å². The molecule has 0 radical (unpaired) electrons. The molecule has 0 spiro atoms. The van der Waals surface area contributed by atoms with Crippen LogP contribution in [-0.2, 0) is 6.42 Å². The number of nitrogens with zero attached hydrogens (tertiary/aromatic N) is 2. The van der Waals surface area contributed by atoms with Crippen molar-refractivity contribution in [2.24, 2.45) is 0 Å². The molecule has 20 heavy (non-hydrogen) atoms. The molecule has 1 N–H and O–H groups in total. The van der Waals surface area contributed by atoms with Gasteiger partial charge >= 0.3 is 0 Å². The normalized spacial score (nSPS) is 9.65. The fourth-order valence-corrected chi connectivity index (χ4v) is 1.72. The van der Waals surface area contributed by atoms with Crippen molar-refractivity contribution in [1.82, 2.24) is 9.97 Å². The van der Waals surface area contributed by atoms with E-state index >= 15 is 0 Å². The molecular weight excluding hydrogens is 274 g/mol. The van der Waals surface area contributed by atoms with E-state index in [-0.39, 0.29) is 18.3 Å². The smallest absolute Gasteiger partial charge is 0.274 e. The number of rotatable bonds is 5. The Kier molecular flexibility index (Phi) is 6.67. The summed E-state index contributed by atoms with van der Waals surface area (Å²) in [5, 5.41) is 2.76. The molecule has 0 aromatic carbocycles. The van der Waals surface area contributed by atoms with Crippen molar-refractivity contribution in [3.63, 3.8) is 0 Å². The second kappa shape index (κ2) is 8.27. The zero-order valence-electron chi connectivity index (χ0n) is 11.4. The minimum atomic E-state index is -0.213. The summed E-state index contributed by atoms with van der Waals surface area (Å²) in [6.45, 7) is 2.16. The standard InChI is InChI=1S/C15H17N3O.ClH/c1-2-3-5-12-7-8-14(17-10-12)15(19)18-13-6-4-9-16-11-13;/h4,6-11H,2-3,5H2,1H3,(H,18,19);1H. The van der Waals surface area contributed by atoms with E-state index in [1.54, 1.807) is 36.8 Å². The van der Waals surface area contributed by atoms with Crippen LogP contribution in [0.15, 0.2) is 42.9 Å². The van der Waals surface area contributed by atoms with Crippen LogP contribution in [0.5, 0.6) is 0 Å². The van der Waals surface area contributed by atoms with Gasteiger partial charge in [-0.25, -0.2) is 0 Å². The molecule has 2 rings (SSSR count). The highest BCUT2D eigenvalue weighted by Gasteiger charge is 2.07. The average Bonchev–Trinajstić information content (AvgIpc) is 2.46. The zero-order chi connectivity index (χ0) is 13.5. The van der Waals surface area contributed by atoms with E-state index in [9.17, 15) is 4.79 Å². The molecule has 2 aromatic heterocycles. The maximum atomic E-state index is 11.9. The van der Waals surface area contributed by atoms with Gasteiger partial charge in [0.2, 0.25) is 0 Å². The van der Waals surface area contributed by atoms with E-state index < -0.39 is 0 Å². The molecule has 0 unspecified atom stereocenters. The number of carbonyl (C=O) groups excluding carboxylic acids is 1. The number of hydrogen-bond acceptors (Lipinski definition) is 3. The Morgan fingerprint density at radius 2 is 2.10 bits per heavy atom. The maximum absolute atomic E-state index is 11.9. The summed E-state index contributed by atoms with van der Waals surface area (Å²) in [4.78, 5) is 20.1. The molecule has 2 aromatic rings. The number of anilines is 1. The van der Waals surface area contributed by atoms with Gasteiger partial charge in [0.1, 0.15) is 5.69 Å². The molecule has 0 saturated heterocycles. The molecule has 5 heteroatoms. The van der Waals surface area contributed by atoms with Crippen molar-refractivity contribution in [1.29, 1.82) is 0 Å². The lowest BCUT2D eigenvalue weighted by molar-refractivity contribution is 0.102. The lowest BCUT2D eigenvalue weighted by atomic mass is 10.1. The van der Waals surface area contributed by atoms with Crippen LogP contribution in [0.2, 0.25) is 0 Å². The van der Waals surface area contributed by atoms with Gasteiger partial charge in [-0.2, -0.15) is 0 Å². The summed E-state index contributed by atoms with van der Waals surface area (Å²) in [7, 11) is 0. The summed E-state index contributed by atoms with van der Waals surface area (Å²) in [5.74, 6) is -0.213. The predicted octanol–water partition coefficient (Wildman–Crippen LogP) is 3.49. The number of halogens is 1. The second-order valence-electron chi connectivity index (χ2n) is 4.35. The van der Waals surface area contributed by atoms with Crippen LogP contribution in [0, 0.1) is 0 Å². The minimum absolute atomic E-state index is 0. The molecule has 106 valence electrons. The third-order valence-corrected chi connectivity index (χ3v) is 2.80. The van der Waals surface area contributed by atoms with Crippen LogP contribution in [0.3, 0.4) is 0 Å². The van der Waals surface area contributed by atoms with Gasteiger partial charge in [0.25, 0.3) is 5.91 Å². The Morgan fingerprint density at radius 1 is 1.25 bits per heavy atom. The molecule has 0 bridgehead atoms. The van der Waals surface area contributed by atoms with E-state index in [4.69, 9.17) is 0 Å². The molecule has 0 aliphatic rings. The average molecular weight is 292 g/mol. The Balaban J connectivity index is 0.00000200. The van der Waals surface area contributed by atoms with Gasteiger partial charge in [-0.3, -0.25) is 14.8 Å². The SMILES string of the molecule is CCCCc1ccc(C(=O)Nc2cccnc2)nc1.Cl. The fraction of sp³-hybridized carbons (Fsp3) is 0.267. The van der Waals surface area contributed by atoms with Crippen molar-refractivity contribution < 1.29 is 4.79 Å². The molecule has 0 fully saturated rings. The minimum Gasteiger partial charge on any atom is -0.319 e. The largest absolute Gasteiger partial charge is 0.319 e. The van der Waals surface area contributed by atoms with E-state index in [1.165, 1.54) is 5.56 Å². The van der Waals surface area contributed by atoms with Crippen molar-refractivity contribution in [3.05, 3.63) is 54.1 Å². The summed E-state index contributed by atoms with van der Waals surface area (Å²) in [5.41, 5.74) is 2.26. The number of aryl methyl sites for hydroxylation is 1. The van der Waals surface area contributed by atoms with Crippen molar-refractivity contribution in [3.8, 4) is 0 Å². The number of carbonyl (C=O) groups is 1. The van der Waals surface area contributed by atoms with Crippen LogP contribution in [0.1, 0.15) is 35.8 Å². The van der Waals surface area contributed by atoms with Gasteiger partial charge in [0.15, 0.2) is 0 Å². The number of amides is 1. The molecule has 0 saturated carbocycles. The Hall–Kier alpha value is -1.94. The third-order valence-electron chi connectivity index (χ3n) is 2.80. The topological polar surface area (TPSA) is 54.9 Å². The number of unbranched alkanes of at least 4 members (excludes halogenated alkanes) is 1. The summed E-state index contributed by atoms with van der Waals surface area (Å²) < 4.78 is 0. The van der Waals surface area contributed by atoms with Crippen LogP contribution in [0.4, 0.5) is 5.69 Å². The lowest BCUT2D eigenvalue weighted by Crippen LogP contribution is -2.13. The second-order valence-corrected chi connectivity index (χ2v) is 4.35. The lowest BCUT2D eigenvalue weighted by Gasteiger charge is -2.05. The number of aromatic nitrogens is 2. The first-order valence-corrected chi connectivity index (χ1v) is 6.46. The van der Waals surface area contributed by atoms with Gasteiger partial charge in [0.05, 0.1) is 11.9 Å². The van der Waals surface area contributed by atoms with Gasteiger partial charge in [-0.15, -0.1) is 12.4 Å². The zero-order valence-corrected chi connectivity index (χ0v) is 12.2. The Labute approximate surface area is 125 Å². The summed E-state index contributed by atoms with van der Waals surface area (Å²) >= 11 is 0. The van der Waals surface area contributed by atoms with E-state index in [1.807, 2.05) is 6.07 Å². The van der Waals surface area contributed by atoms with Crippen LogP contribution >= 0.6 is 12.4 Å². The molecule has 0 atom stereocenters. The van der Waals surface area contributed by atoms with Crippen molar-refractivity contribution in [2.45, 2.75) is 26.2 Å². The van der Waals surface area contributed by atoms with Crippen LogP contribution < -0.4 is 5.32 Å². The molecule has 2 heterocycles. The van der Waals surface area contributed by atoms with E-state index in [2.05, 4.69) is 22.2 Å². The first-order valence-electron chi connectivity index (χ1n) is 6.46. The quantitative estimate of drug-likeness (QED) is 0.917. The van der Waals surface area contributed by atoms with Crippen molar-refractivity contribution in [2.75, 3.05) is 5.32 Å². The fourth-order valence-electron chi connectivity index (χ4n) is 1.72. The molecule has 0 aliphatic heterocycles. The number of hydrogen-bond donors (Lipinski definition) is 1. The molecule has 1 amide bonds. The van der Waals surface area contributed by atoms with Crippen LogP contribution in [-0.4, -0.2) is 15.9 Å². The first kappa shape index (κ1) is 16.1. The number of pyridine rings is 2. The molecule has 0 aliphatic carbocycles. The van der Waals surface area contributed by atoms with Gasteiger partial charge in [-0.1, -0.05) is 19.4 Å². The highest BCUT2D eigenvalue weighted by Crippen LogP contribution is 2.08.